The van der Waals surface area contributed by atoms with E-state index in [9.17, 15) is 18.0 Å². The molecule has 36 heavy (non-hydrogen) atoms. The summed E-state index contributed by atoms with van der Waals surface area (Å²) in [7, 11) is -2.12. The zero-order valence-electron chi connectivity index (χ0n) is 21.4. The van der Waals surface area contributed by atoms with Crippen LogP contribution in [0.3, 0.4) is 0 Å². The second kappa shape index (κ2) is 14.2. The van der Waals surface area contributed by atoms with E-state index >= 15 is 0 Å². The lowest BCUT2D eigenvalue weighted by atomic mass is 10.1. The van der Waals surface area contributed by atoms with Gasteiger partial charge >= 0.3 is 0 Å². The number of sulfonamides is 1. The van der Waals surface area contributed by atoms with Gasteiger partial charge in [-0.25, -0.2) is 8.42 Å². The Hall–Kier alpha value is -2.59. The van der Waals surface area contributed by atoms with Crippen LogP contribution >= 0.6 is 15.9 Å². The molecule has 1 N–H and O–H groups in total. The van der Waals surface area contributed by atoms with Crippen LogP contribution in [0.4, 0.5) is 5.69 Å². The molecular weight excluding hydrogens is 546 g/mol. The van der Waals surface area contributed by atoms with Gasteiger partial charge < -0.3 is 15.0 Å². The molecule has 2 rings (SSSR count). The first-order valence-corrected chi connectivity index (χ1v) is 14.6. The first kappa shape index (κ1) is 29.6. The first-order valence-electron chi connectivity index (χ1n) is 12.0. The summed E-state index contributed by atoms with van der Waals surface area (Å²) in [5, 5.41) is 2.90. The van der Waals surface area contributed by atoms with E-state index in [-0.39, 0.29) is 37.7 Å². The van der Waals surface area contributed by atoms with Crippen LogP contribution in [0.5, 0.6) is 5.75 Å². The second-order valence-corrected chi connectivity index (χ2v) is 11.4. The Balaban J connectivity index is 2.17. The first-order chi connectivity index (χ1) is 17.1. The minimum absolute atomic E-state index is 0.0851. The van der Waals surface area contributed by atoms with Gasteiger partial charge in [-0.1, -0.05) is 53.5 Å². The molecule has 0 fully saturated rings. The standard InChI is InChI=1S/C26H36BrN3O5S/c1-5-6-16-28-26(32)20(2)29(19-21-11-9-12-22(27)18-21)25(31)15-10-17-30(36(4,33)34)23-13-7-8-14-24(23)35-3/h7-9,11-14,18,20H,5-6,10,15-17,19H2,1-4H3,(H,28,32)/t20-/m1/s1. The third kappa shape index (κ3) is 8.81. The molecule has 0 aliphatic heterocycles. The molecule has 0 heterocycles. The van der Waals surface area contributed by atoms with Gasteiger partial charge in [0, 0.05) is 30.5 Å². The molecule has 2 amide bonds. The van der Waals surface area contributed by atoms with Gasteiger partial charge in [0.1, 0.15) is 11.8 Å². The van der Waals surface area contributed by atoms with Gasteiger partial charge in [0.05, 0.1) is 19.1 Å². The Labute approximate surface area is 223 Å². The molecule has 0 saturated carbocycles. The van der Waals surface area contributed by atoms with Gasteiger partial charge in [-0.15, -0.1) is 0 Å². The molecule has 0 aromatic heterocycles. The van der Waals surface area contributed by atoms with Crippen molar-refractivity contribution in [2.75, 3.05) is 30.8 Å². The molecule has 198 valence electrons. The highest BCUT2D eigenvalue weighted by molar-refractivity contribution is 9.10. The predicted molar refractivity (Wildman–Crippen MR) is 146 cm³/mol. The molecule has 8 nitrogen and oxygen atoms in total. The number of ether oxygens (including phenoxy) is 1. The highest BCUT2D eigenvalue weighted by Crippen LogP contribution is 2.29. The summed E-state index contributed by atoms with van der Waals surface area (Å²) < 4.78 is 32.5. The van der Waals surface area contributed by atoms with Gasteiger partial charge in [-0.05, 0) is 49.6 Å². The zero-order valence-corrected chi connectivity index (χ0v) is 23.8. The monoisotopic (exact) mass is 581 g/mol. The number of hydrogen-bond donors (Lipinski definition) is 1. The quantitative estimate of drug-likeness (QED) is 0.335. The number of nitrogens with zero attached hydrogens (tertiary/aromatic N) is 2. The number of hydrogen-bond acceptors (Lipinski definition) is 5. The molecule has 2 aromatic rings. The second-order valence-electron chi connectivity index (χ2n) is 8.58. The molecule has 0 bridgehead atoms. The summed E-state index contributed by atoms with van der Waals surface area (Å²) in [4.78, 5) is 27.7. The number of carbonyl (C=O) groups excluding carboxylic acids is 2. The number of amides is 2. The van der Waals surface area contributed by atoms with Crippen LogP contribution in [-0.4, -0.2) is 57.6 Å². The number of halogens is 1. The fourth-order valence-electron chi connectivity index (χ4n) is 3.77. The van der Waals surface area contributed by atoms with E-state index in [4.69, 9.17) is 4.74 Å². The molecular formula is C26H36BrN3O5S. The van der Waals surface area contributed by atoms with Crippen molar-refractivity contribution in [3.63, 3.8) is 0 Å². The minimum Gasteiger partial charge on any atom is -0.495 e. The summed E-state index contributed by atoms with van der Waals surface area (Å²) in [6.45, 7) is 4.69. The molecule has 0 radical (unpaired) electrons. The largest absolute Gasteiger partial charge is 0.495 e. The summed E-state index contributed by atoms with van der Waals surface area (Å²) in [5.74, 6) is 0.00285. The molecule has 0 spiro atoms. The van der Waals surface area contributed by atoms with E-state index in [1.54, 1.807) is 36.1 Å². The van der Waals surface area contributed by atoms with Gasteiger partial charge in [0.15, 0.2) is 0 Å². The number of nitrogens with one attached hydrogen (secondary N) is 1. The van der Waals surface area contributed by atoms with Crippen molar-refractivity contribution < 1.29 is 22.7 Å². The van der Waals surface area contributed by atoms with Crippen molar-refractivity contribution in [2.24, 2.45) is 0 Å². The number of benzene rings is 2. The average Bonchev–Trinajstić information content (AvgIpc) is 2.84. The summed E-state index contributed by atoms with van der Waals surface area (Å²) in [6.07, 6.45) is 3.31. The fraction of sp³-hybridized carbons (Fsp3) is 0.462. The molecule has 0 aliphatic carbocycles. The third-order valence-corrected chi connectivity index (χ3v) is 7.42. The van der Waals surface area contributed by atoms with E-state index < -0.39 is 16.1 Å². The normalized spacial score (nSPS) is 12.0. The van der Waals surface area contributed by atoms with Crippen LogP contribution in [0, 0.1) is 0 Å². The number of unbranched alkanes of at least 4 members (excludes halogenated alkanes) is 1. The van der Waals surface area contributed by atoms with Crippen LogP contribution in [0.1, 0.15) is 45.1 Å². The van der Waals surface area contributed by atoms with Gasteiger partial charge in [-0.3, -0.25) is 13.9 Å². The van der Waals surface area contributed by atoms with Crippen molar-refractivity contribution >= 4 is 43.5 Å². The molecule has 2 aromatic carbocycles. The van der Waals surface area contributed by atoms with Crippen LogP contribution in [0.25, 0.3) is 0 Å². The summed E-state index contributed by atoms with van der Waals surface area (Å²) >= 11 is 3.45. The van der Waals surface area contributed by atoms with E-state index in [0.29, 0.717) is 18.0 Å². The van der Waals surface area contributed by atoms with Crippen LogP contribution in [0.2, 0.25) is 0 Å². The Kier molecular flexibility index (Phi) is 11.7. The summed E-state index contributed by atoms with van der Waals surface area (Å²) in [6, 6.07) is 13.8. The van der Waals surface area contributed by atoms with Gasteiger partial charge in [0.25, 0.3) is 0 Å². The molecule has 0 unspecified atom stereocenters. The van der Waals surface area contributed by atoms with Crippen molar-refractivity contribution in [1.29, 1.82) is 0 Å². The highest BCUT2D eigenvalue weighted by atomic mass is 79.9. The Morgan fingerprint density at radius 2 is 1.83 bits per heavy atom. The zero-order chi connectivity index (χ0) is 26.7. The number of rotatable bonds is 14. The van der Waals surface area contributed by atoms with Crippen molar-refractivity contribution in [2.45, 2.75) is 52.1 Å². The number of carbonyl (C=O) groups is 2. The topological polar surface area (TPSA) is 96.0 Å². The lowest BCUT2D eigenvalue weighted by Crippen LogP contribution is -2.48. The SMILES string of the molecule is CCCCNC(=O)[C@@H](C)N(Cc1cccc(Br)c1)C(=O)CCCN(c1ccccc1OC)S(C)(=O)=O. The fourth-order valence-corrected chi connectivity index (χ4v) is 5.18. The van der Waals surface area contributed by atoms with Crippen molar-refractivity contribution in [1.82, 2.24) is 10.2 Å². The van der Waals surface area contributed by atoms with E-state index in [1.807, 2.05) is 31.2 Å². The average molecular weight is 583 g/mol. The Morgan fingerprint density at radius 1 is 1.11 bits per heavy atom. The maximum Gasteiger partial charge on any atom is 0.242 e. The van der Waals surface area contributed by atoms with Gasteiger partial charge in [0.2, 0.25) is 21.8 Å². The molecule has 1 atom stereocenters. The van der Waals surface area contributed by atoms with Crippen LogP contribution < -0.4 is 14.4 Å². The van der Waals surface area contributed by atoms with E-state index in [0.717, 1.165) is 29.1 Å². The predicted octanol–water partition coefficient (Wildman–Crippen LogP) is 4.34. The third-order valence-electron chi connectivity index (χ3n) is 5.74. The molecule has 0 saturated heterocycles. The molecule has 0 aliphatic rings. The van der Waals surface area contributed by atoms with Crippen LogP contribution in [-0.2, 0) is 26.2 Å². The lowest BCUT2D eigenvalue weighted by Gasteiger charge is -2.29. The Bertz CT molecular complexity index is 1130. The smallest absolute Gasteiger partial charge is 0.242 e. The summed E-state index contributed by atoms with van der Waals surface area (Å²) in [5.41, 5.74) is 1.31. The minimum atomic E-state index is -3.61. The van der Waals surface area contributed by atoms with Gasteiger partial charge in [-0.2, -0.15) is 0 Å². The highest BCUT2D eigenvalue weighted by Gasteiger charge is 2.27. The number of anilines is 1. The number of methoxy groups -OCH3 is 1. The number of para-hydroxylation sites is 2. The van der Waals surface area contributed by atoms with E-state index in [1.165, 1.54) is 11.4 Å². The van der Waals surface area contributed by atoms with Crippen molar-refractivity contribution in [3.05, 3.63) is 58.6 Å². The van der Waals surface area contributed by atoms with E-state index in [2.05, 4.69) is 21.2 Å². The lowest BCUT2D eigenvalue weighted by molar-refractivity contribution is -0.140. The Morgan fingerprint density at radius 3 is 2.47 bits per heavy atom. The van der Waals surface area contributed by atoms with Crippen LogP contribution in [0.15, 0.2) is 53.0 Å². The molecule has 10 heteroatoms. The maximum atomic E-state index is 13.3. The maximum absolute atomic E-state index is 13.3. The van der Waals surface area contributed by atoms with Crippen molar-refractivity contribution in [3.8, 4) is 5.75 Å².